The second kappa shape index (κ2) is 8.84. The molecule has 0 unspecified atom stereocenters. The molecule has 2 aromatic rings. The average molecular weight is 446 g/mol. The summed E-state index contributed by atoms with van der Waals surface area (Å²) >= 11 is 3.46. The number of aliphatic imine (C=N–C) groups is 1. The van der Waals surface area contributed by atoms with E-state index in [1.807, 2.05) is 6.92 Å². The van der Waals surface area contributed by atoms with Gasteiger partial charge in [0.2, 0.25) is 5.90 Å². The first-order valence-corrected chi connectivity index (χ1v) is 9.29. The fourth-order valence-corrected chi connectivity index (χ4v) is 3.10. The molecule has 28 heavy (non-hydrogen) atoms. The molecule has 7 heteroatoms. The number of nitrogens with zero attached hydrogens (tertiary/aromatic N) is 1. The number of hydrogen-bond acceptors (Lipinski definition) is 5. The number of hydrogen-bond donors (Lipinski definition) is 0. The monoisotopic (exact) mass is 445 g/mol. The Morgan fingerprint density at radius 1 is 1.29 bits per heavy atom. The molecule has 0 saturated carbocycles. The van der Waals surface area contributed by atoms with Gasteiger partial charge in [0.1, 0.15) is 12.4 Å². The van der Waals surface area contributed by atoms with Gasteiger partial charge in [-0.15, -0.1) is 0 Å². The van der Waals surface area contributed by atoms with Gasteiger partial charge in [-0.2, -0.15) is 0 Å². The molecule has 0 aromatic heterocycles. The number of esters is 1. The predicted octanol–water partition coefficient (Wildman–Crippen LogP) is 4.90. The summed E-state index contributed by atoms with van der Waals surface area (Å²) in [5.41, 5.74) is 1.16. The second-order valence-electron chi connectivity index (χ2n) is 5.71. The van der Waals surface area contributed by atoms with Gasteiger partial charge in [0.15, 0.2) is 17.2 Å². The number of ether oxygens (including phenoxy) is 3. The zero-order chi connectivity index (χ0) is 20.1. The van der Waals surface area contributed by atoms with Crippen LogP contribution in [0.25, 0.3) is 6.08 Å². The Morgan fingerprint density at radius 3 is 2.82 bits per heavy atom. The maximum Gasteiger partial charge on any atom is 0.363 e. The SMILES string of the molecule is C=CCOc1c(Br)cc(C=C2N=C(c3cccc(F)c3)OC2=O)cc1OCC. The summed E-state index contributed by atoms with van der Waals surface area (Å²) in [6.45, 7) is 6.27. The third-order valence-corrected chi connectivity index (χ3v) is 4.26. The normalized spacial score (nSPS) is 14.6. The topological polar surface area (TPSA) is 57.1 Å². The molecule has 3 rings (SSSR count). The molecule has 1 aliphatic heterocycles. The highest BCUT2D eigenvalue weighted by atomic mass is 79.9. The van der Waals surface area contributed by atoms with Crippen LogP contribution in [0.2, 0.25) is 0 Å². The zero-order valence-electron chi connectivity index (χ0n) is 15.1. The molecule has 2 aromatic carbocycles. The standard InChI is InChI=1S/C21H17BrFNO4/c1-3-8-27-19-16(22)9-13(11-18(19)26-4-2)10-17-21(25)28-20(24-17)14-6-5-7-15(23)12-14/h3,5-7,9-12H,1,4,8H2,2H3. The molecule has 0 bridgehead atoms. The van der Waals surface area contributed by atoms with Gasteiger partial charge in [-0.3, -0.25) is 0 Å². The van der Waals surface area contributed by atoms with E-state index in [2.05, 4.69) is 27.5 Å². The predicted molar refractivity (Wildman–Crippen MR) is 108 cm³/mol. The molecule has 5 nitrogen and oxygen atoms in total. The van der Waals surface area contributed by atoms with Crippen LogP contribution >= 0.6 is 15.9 Å². The summed E-state index contributed by atoms with van der Waals surface area (Å²) in [6, 6.07) is 9.22. The molecule has 0 atom stereocenters. The largest absolute Gasteiger partial charge is 0.490 e. The minimum absolute atomic E-state index is 0.0609. The third-order valence-electron chi connectivity index (χ3n) is 3.67. The first-order chi connectivity index (χ1) is 13.5. The van der Waals surface area contributed by atoms with E-state index in [0.717, 1.165) is 0 Å². The molecule has 1 heterocycles. The van der Waals surface area contributed by atoms with Gasteiger partial charge in [-0.25, -0.2) is 14.2 Å². The van der Waals surface area contributed by atoms with Gasteiger partial charge in [-0.1, -0.05) is 18.7 Å². The smallest absolute Gasteiger partial charge is 0.363 e. The van der Waals surface area contributed by atoms with Crippen LogP contribution in [0.1, 0.15) is 18.1 Å². The lowest BCUT2D eigenvalue weighted by atomic mass is 10.1. The average Bonchev–Trinajstić information content (AvgIpc) is 3.02. The van der Waals surface area contributed by atoms with Crippen LogP contribution in [0.4, 0.5) is 4.39 Å². The fraction of sp³-hybridized carbons (Fsp3) is 0.143. The molecule has 1 aliphatic rings. The lowest BCUT2D eigenvalue weighted by Crippen LogP contribution is -2.05. The van der Waals surface area contributed by atoms with Crippen molar-refractivity contribution in [3.63, 3.8) is 0 Å². The molecule has 0 aliphatic carbocycles. The van der Waals surface area contributed by atoms with Crippen LogP contribution in [0.15, 0.2) is 64.2 Å². The van der Waals surface area contributed by atoms with Gasteiger partial charge in [0.05, 0.1) is 11.1 Å². The number of cyclic esters (lactones) is 1. The minimum Gasteiger partial charge on any atom is -0.490 e. The molecule has 0 radical (unpaired) electrons. The Kier molecular flexibility index (Phi) is 6.26. The molecular formula is C21H17BrFNO4. The first kappa shape index (κ1) is 19.8. The number of carbonyl (C=O) groups is 1. The molecule has 0 spiro atoms. The summed E-state index contributed by atoms with van der Waals surface area (Å²) in [4.78, 5) is 16.4. The molecule has 144 valence electrons. The summed E-state index contributed by atoms with van der Waals surface area (Å²) < 4.78 is 30.5. The first-order valence-electron chi connectivity index (χ1n) is 8.50. The van der Waals surface area contributed by atoms with Crippen molar-refractivity contribution >= 4 is 33.9 Å². The van der Waals surface area contributed by atoms with Crippen molar-refractivity contribution in [2.24, 2.45) is 4.99 Å². The van der Waals surface area contributed by atoms with Crippen molar-refractivity contribution in [3.8, 4) is 11.5 Å². The Morgan fingerprint density at radius 2 is 2.11 bits per heavy atom. The van der Waals surface area contributed by atoms with Gasteiger partial charge in [0, 0.05) is 5.56 Å². The molecule has 0 fully saturated rings. The van der Waals surface area contributed by atoms with Crippen LogP contribution in [0.5, 0.6) is 11.5 Å². The lowest BCUT2D eigenvalue weighted by Gasteiger charge is -2.13. The quantitative estimate of drug-likeness (QED) is 0.345. The van der Waals surface area contributed by atoms with E-state index in [4.69, 9.17) is 14.2 Å². The van der Waals surface area contributed by atoms with Gasteiger partial charge in [-0.05, 0) is 64.8 Å². The lowest BCUT2D eigenvalue weighted by molar-refractivity contribution is -0.129. The summed E-state index contributed by atoms with van der Waals surface area (Å²) in [5, 5.41) is 0. The maximum absolute atomic E-state index is 13.4. The van der Waals surface area contributed by atoms with Crippen LogP contribution < -0.4 is 9.47 Å². The van der Waals surface area contributed by atoms with Crippen LogP contribution in [-0.4, -0.2) is 25.1 Å². The number of carbonyl (C=O) groups excluding carboxylic acids is 1. The Bertz CT molecular complexity index is 984. The second-order valence-corrected chi connectivity index (χ2v) is 6.56. The van der Waals surface area contributed by atoms with Crippen molar-refractivity contribution in [3.05, 3.63) is 76.2 Å². The third kappa shape index (κ3) is 4.48. The Balaban J connectivity index is 1.95. The van der Waals surface area contributed by atoms with Crippen molar-refractivity contribution < 1.29 is 23.4 Å². The Hall–Kier alpha value is -2.93. The Labute approximate surface area is 170 Å². The van der Waals surface area contributed by atoms with E-state index in [1.165, 1.54) is 18.2 Å². The summed E-state index contributed by atoms with van der Waals surface area (Å²) in [6.07, 6.45) is 3.20. The van der Waals surface area contributed by atoms with Crippen LogP contribution in [0.3, 0.4) is 0 Å². The van der Waals surface area contributed by atoms with Crippen molar-refractivity contribution in [2.45, 2.75) is 6.92 Å². The molecule has 0 amide bonds. The minimum atomic E-state index is -0.611. The highest BCUT2D eigenvalue weighted by Crippen LogP contribution is 2.38. The molecule has 0 saturated heterocycles. The van der Waals surface area contributed by atoms with Crippen LogP contribution in [-0.2, 0) is 9.53 Å². The summed E-state index contributed by atoms with van der Waals surface area (Å²) in [7, 11) is 0. The van der Waals surface area contributed by atoms with Gasteiger partial charge in [0.25, 0.3) is 0 Å². The van der Waals surface area contributed by atoms with Crippen molar-refractivity contribution in [1.29, 1.82) is 0 Å². The van der Waals surface area contributed by atoms with E-state index in [0.29, 0.717) is 40.3 Å². The van der Waals surface area contributed by atoms with E-state index in [1.54, 1.807) is 30.4 Å². The van der Waals surface area contributed by atoms with Gasteiger partial charge >= 0.3 is 5.97 Å². The van der Waals surface area contributed by atoms with E-state index in [-0.39, 0.29) is 11.6 Å². The van der Waals surface area contributed by atoms with Crippen molar-refractivity contribution in [2.75, 3.05) is 13.2 Å². The fourth-order valence-electron chi connectivity index (χ4n) is 2.53. The number of benzene rings is 2. The van der Waals surface area contributed by atoms with Gasteiger partial charge < -0.3 is 14.2 Å². The van der Waals surface area contributed by atoms with Crippen LogP contribution in [0, 0.1) is 5.82 Å². The zero-order valence-corrected chi connectivity index (χ0v) is 16.7. The molecular weight excluding hydrogens is 429 g/mol. The number of rotatable bonds is 7. The number of halogens is 2. The van der Waals surface area contributed by atoms with E-state index < -0.39 is 11.8 Å². The van der Waals surface area contributed by atoms with E-state index in [9.17, 15) is 9.18 Å². The maximum atomic E-state index is 13.4. The highest BCUT2D eigenvalue weighted by Gasteiger charge is 2.24. The highest BCUT2D eigenvalue weighted by molar-refractivity contribution is 9.10. The summed E-state index contributed by atoms with van der Waals surface area (Å²) in [5.74, 6) is 0.0771. The molecule has 0 N–H and O–H groups in total. The van der Waals surface area contributed by atoms with E-state index >= 15 is 0 Å². The van der Waals surface area contributed by atoms with Crippen molar-refractivity contribution in [1.82, 2.24) is 0 Å².